The zero-order valence-electron chi connectivity index (χ0n) is 16.7. The van der Waals surface area contributed by atoms with Crippen molar-refractivity contribution in [1.29, 1.82) is 0 Å². The molecular formula is C20H28F3N3O2. The minimum atomic E-state index is -1.64. The Hall–Kier alpha value is -2.09. The fraction of sp³-hybridized carbons (Fsp3) is 0.600. The number of nitrogens with zero attached hydrogens (tertiary/aromatic N) is 1. The van der Waals surface area contributed by atoms with Gasteiger partial charge in [-0.3, -0.25) is 14.5 Å². The Labute approximate surface area is 163 Å². The monoisotopic (exact) mass is 399 g/mol. The third kappa shape index (κ3) is 5.25. The molecule has 0 heterocycles. The van der Waals surface area contributed by atoms with Crippen LogP contribution in [-0.4, -0.2) is 42.4 Å². The van der Waals surface area contributed by atoms with E-state index in [0.717, 1.165) is 31.4 Å². The molecular weight excluding hydrogens is 371 g/mol. The molecule has 1 aliphatic rings. The van der Waals surface area contributed by atoms with Gasteiger partial charge in [-0.1, -0.05) is 26.7 Å². The predicted octanol–water partition coefficient (Wildman–Crippen LogP) is 3.30. The number of amides is 2. The minimum Gasteiger partial charge on any atom is -0.352 e. The predicted molar refractivity (Wildman–Crippen MR) is 101 cm³/mol. The number of likely N-dealkylation sites (N-methyl/N-ethyl adjacent to an activating group) is 1. The highest BCUT2D eigenvalue weighted by molar-refractivity contribution is 5.93. The smallest absolute Gasteiger partial charge is 0.238 e. The lowest BCUT2D eigenvalue weighted by Crippen LogP contribution is -2.51. The number of anilines is 1. The van der Waals surface area contributed by atoms with Crippen LogP contribution in [0.2, 0.25) is 0 Å². The van der Waals surface area contributed by atoms with Crippen LogP contribution in [0.25, 0.3) is 0 Å². The van der Waals surface area contributed by atoms with Crippen LogP contribution in [0.4, 0.5) is 18.9 Å². The van der Waals surface area contributed by atoms with Gasteiger partial charge in [0.15, 0.2) is 17.5 Å². The van der Waals surface area contributed by atoms with Gasteiger partial charge in [0, 0.05) is 6.04 Å². The highest BCUT2D eigenvalue weighted by atomic mass is 19.2. The van der Waals surface area contributed by atoms with Crippen LogP contribution < -0.4 is 10.6 Å². The number of hydrogen-bond donors (Lipinski definition) is 2. The molecule has 0 spiro atoms. The highest BCUT2D eigenvalue weighted by Crippen LogP contribution is 2.29. The molecule has 5 nitrogen and oxygen atoms in total. The first-order valence-electron chi connectivity index (χ1n) is 9.55. The molecule has 1 aromatic rings. The number of hydrogen-bond acceptors (Lipinski definition) is 3. The van der Waals surface area contributed by atoms with Gasteiger partial charge in [0.2, 0.25) is 11.8 Å². The molecule has 0 saturated heterocycles. The molecule has 0 bridgehead atoms. The fourth-order valence-corrected chi connectivity index (χ4v) is 3.46. The van der Waals surface area contributed by atoms with Crippen LogP contribution in [0.15, 0.2) is 12.1 Å². The summed E-state index contributed by atoms with van der Waals surface area (Å²) in [5, 5.41) is 5.27. The molecule has 2 amide bonds. The van der Waals surface area contributed by atoms with E-state index in [1.54, 1.807) is 14.0 Å². The molecule has 8 heteroatoms. The Morgan fingerprint density at radius 2 is 1.86 bits per heavy atom. The van der Waals surface area contributed by atoms with Crippen LogP contribution in [0, 0.1) is 29.3 Å². The minimum absolute atomic E-state index is 0.109. The first kappa shape index (κ1) is 22.2. The standard InChI is InChI=1S/C20H28F3N3O2/c1-11-6-5-7-15(12(11)2)25-20(28)13(3)26(4)10-17(27)24-16-9-8-14(21)18(22)19(16)23/h8-9,11-13,15H,5-7,10H2,1-4H3,(H,24,27)(H,25,28)/t11-,12+,13+,15-/m0/s1. The van der Waals surface area contributed by atoms with E-state index in [1.165, 1.54) is 4.90 Å². The third-order valence-corrected chi connectivity index (χ3v) is 5.78. The SMILES string of the molecule is C[C@H]1[C@@H](NC(=O)[C@@H](C)N(C)CC(=O)Nc2ccc(F)c(F)c2F)CCC[C@@H]1C. The quantitative estimate of drug-likeness (QED) is 0.722. The Balaban J connectivity index is 1.90. The van der Waals surface area contributed by atoms with E-state index in [0.29, 0.717) is 11.8 Å². The van der Waals surface area contributed by atoms with E-state index in [4.69, 9.17) is 0 Å². The van der Waals surface area contributed by atoms with Gasteiger partial charge in [-0.05, 0) is 44.4 Å². The Kier molecular flexibility index (Phi) is 7.46. The summed E-state index contributed by atoms with van der Waals surface area (Å²) in [7, 11) is 1.60. The molecule has 2 N–H and O–H groups in total. The maximum atomic E-state index is 13.7. The molecule has 4 atom stereocenters. The molecule has 1 aliphatic carbocycles. The van der Waals surface area contributed by atoms with Gasteiger partial charge >= 0.3 is 0 Å². The van der Waals surface area contributed by atoms with E-state index in [2.05, 4.69) is 24.5 Å². The molecule has 0 radical (unpaired) electrons. The second-order valence-corrected chi connectivity index (χ2v) is 7.74. The Bertz CT molecular complexity index is 729. The van der Waals surface area contributed by atoms with E-state index >= 15 is 0 Å². The molecule has 156 valence electrons. The van der Waals surface area contributed by atoms with Crippen molar-refractivity contribution in [3.8, 4) is 0 Å². The van der Waals surface area contributed by atoms with Crippen LogP contribution in [0.5, 0.6) is 0 Å². The Morgan fingerprint density at radius 3 is 2.54 bits per heavy atom. The van der Waals surface area contributed by atoms with Crippen LogP contribution in [0.1, 0.15) is 40.0 Å². The van der Waals surface area contributed by atoms with Gasteiger partial charge in [0.1, 0.15) is 0 Å². The maximum Gasteiger partial charge on any atom is 0.238 e. The van der Waals surface area contributed by atoms with E-state index in [1.807, 2.05) is 0 Å². The number of rotatable bonds is 6. The van der Waals surface area contributed by atoms with Gasteiger partial charge in [-0.2, -0.15) is 0 Å². The first-order chi connectivity index (χ1) is 13.1. The molecule has 0 unspecified atom stereocenters. The van der Waals surface area contributed by atoms with Gasteiger partial charge in [0.05, 0.1) is 18.3 Å². The van der Waals surface area contributed by atoms with Gasteiger partial charge in [-0.25, -0.2) is 13.2 Å². The summed E-state index contributed by atoms with van der Waals surface area (Å²) in [6.45, 7) is 5.79. The summed E-state index contributed by atoms with van der Waals surface area (Å²) >= 11 is 0. The molecule has 2 rings (SSSR count). The summed E-state index contributed by atoms with van der Waals surface area (Å²) in [6, 6.07) is 1.22. The second-order valence-electron chi connectivity index (χ2n) is 7.74. The van der Waals surface area contributed by atoms with E-state index < -0.39 is 35.1 Å². The van der Waals surface area contributed by atoms with Crippen molar-refractivity contribution in [3.63, 3.8) is 0 Å². The van der Waals surface area contributed by atoms with Gasteiger partial charge in [-0.15, -0.1) is 0 Å². The summed E-state index contributed by atoms with van der Waals surface area (Å²) in [4.78, 5) is 26.2. The fourth-order valence-electron chi connectivity index (χ4n) is 3.46. The van der Waals surface area contributed by atoms with Gasteiger partial charge < -0.3 is 10.6 Å². The summed E-state index contributed by atoms with van der Waals surface area (Å²) < 4.78 is 39.9. The first-order valence-corrected chi connectivity index (χ1v) is 9.55. The average molecular weight is 399 g/mol. The van der Waals surface area contributed by atoms with E-state index in [-0.39, 0.29) is 18.5 Å². The Morgan fingerprint density at radius 1 is 1.18 bits per heavy atom. The van der Waals surface area contributed by atoms with Crippen molar-refractivity contribution in [3.05, 3.63) is 29.6 Å². The van der Waals surface area contributed by atoms with Crippen molar-refractivity contribution < 1.29 is 22.8 Å². The summed E-state index contributed by atoms with van der Waals surface area (Å²) in [6.07, 6.45) is 3.16. The number of halogens is 3. The van der Waals surface area contributed by atoms with Crippen LogP contribution >= 0.6 is 0 Å². The zero-order valence-corrected chi connectivity index (χ0v) is 16.7. The molecule has 28 heavy (non-hydrogen) atoms. The second kappa shape index (κ2) is 9.41. The lowest BCUT2D eigenvalue weighted by atomic mass is 9.78. The van der Waals surface area contributed by atoms with Gasteiger partial charge in [0.25, 0.3) is 0 Å². The van der Waals surface area contributed by atoms with Crippen molar-refractivity contribution in [1.82, 2.24) is 10.2 Å². The average Bonchev–Trinajstić information content (AvgIpc) is 2.65. The normalized spacial score (nSPS) is 23.4. The van der Waals surface area contributed by atoms with E-state index in [9.17, 15) is 22.8 Å². The highest BCUT2D eigenvalue weighted by Gasteiger charge is 2.30. The maximum absolute atomic E-state index is 13.7. The number of carbonyl (C=O) groups excluding carboxylic acids is 2. The van der Waals surface area contributed by atoms with Crippen molar-refractivity contribution >= 4 is 17.5 Å². The zero-order chi connectivity index (χ0) is 21.0. The van der Waals surface area contributed by atoms with Crippen molar-refractivity contribution in [2.75, 3.05) is 18.9 Å². The topological polar surface area (TPSA) is 61.4 Å². The summed E-state index contributed by atoms with van der Waals surface area (Å²) in [5.74, 6) is -4.31. The number of carbonyl (C=O) groups is 2. The van der Waals surface area contributed by atoms with Crippen LogP contribution in [-0.2, 0) is 9.59 Å². The van der Waals surface area contributed by atoms with Crippen LogP contribution in [0.3, 0.4) is 0 Å². The number of benzene rings is 1. The van der Waals surface area contributed by atoms with Crippen molar-refractivity contribution in [2.45, 2.75) is 52.1 Å². The summed E-state index contributed by atoms with van der Waals surface area (Å²) in [5.41, 5.74) is -0.445. The number of nitrogens with one attached hydrogen (secondary N) is 2. The largest absolute Gasteiger partial charge is 0.352 e. The molecule has 1 fully saturated rings. The molecule has 1 saturated carbocycles. The third-order valence-electron chi connectivity index (χ3n) is 5.78. The molecule has 0 aliphatic heterocycles. The molecule has 0 aromatic heterocycles. The van der Waals surface area contributed by atoms with Crippen molar-refractivity contribution in [2.24, 2.45) is 11.8 Å². The lowest BCUT2D eigenvalue weighted by molar-refractivity contribution is -0.127. The lowest BCUT2D eigenvalue weighted by Gasteiger charge is -2.36. The molecule has 1 aromatic carbocycles.